The quantitative estimate of drug-likeness (QED) is 0.0195. The summed E-state index contributed by atoms with van der Waals surface area (Å²) in [6, 6.07) is 0. The molecule has 2 atom stereocenters. The molecule has 0 aromatic carbocycles. The third kappa shape index (κ3) is 68.6. The third-order valence-corrected chi connectivity index (χ3v) is 16.6. The molecule has 9 nitrogen and oxygen atoms in total. The molecule has 2 unspecified atom stereocenters. The predicted octanol–water partition coefficient (Wildman–Crippen LogP) is 21.6. The Morgan fingerprint density at radius 3 is 1.00 bits per heavy atom. The number of likely N-dealkylation sites (N-methyl/N-ethyl adjacent to an activating group) is 1. The van der Waals surface area contributed by atoms with Gasteiger partial charge < -0.3 is 33.3 Å². The summed E-state index contributed by atoms with van der Waals surface area (Å²) in [7, 11) is 5.94. The first-order valence-corrected chi connectivity index (χ1v) is 36.8. The number of rotatable bonds is 69. The maximum absolute atomic E-state index is 12.9. The number of quaternary nitrogens is 1. The fraction of sp³-hybridized carbons (Fsp3) is 0.855. The zero-order chi connectivity index (χ0) is 61.9. The number of allylic oxidation sites excluding steroid dienone is 8. The molecule has 0 spiro atoms. The second kappa shape index (κ2) is 67.2. The van der Waals surface area contributed by atoms with Crippen LogP contribution in [0.3, 0.4) is 0 Å². The van der Waals surface area contributed by atoms with Crippen molar-refractivity contribution in [2.24, 2.45) is 0 Å². The van der Waals surface area contributed by atoms with Crippen molar-refractivity contribution in [3.05, 3.63) is 48.6 Å². The average Bonchev–Trinajstić information content (AvgIpc) is 3.48. The second-order valence-electron chi connectivity index (χ2n) is 26.2. The van der Waals surface area contributed by atoms with Crippen LogP contribution in [0.15, 0.2) is 48.6 Å². The van der Waals surface area contributed by atoms with Crippen LogP contribution >= 0.6 is 0 Å². The highest BCUT2D eigenvalue weighted by atomic mass is 16.7. The topological polar surface area (TPSA) is 111 Å². The van der Waals surface area contributed by atoms with Crippen LogP contribution in [-0.4, -0.2) is 82.3 Å². The normalized spacial score (nSPS) is 12.9. The Morgan fingerprint density at radius 2 is 0.671 bits per heavy atom. The van der Waals surface area contributed by atoms with Gasteiger partial charge in [-0.15, -0.1) is 0 Å². The molecule has 0 aliphatic carbocycles. The summed E-state index contributed by atoms with van der Waals surface area (Å²) < 4.78 is 22.8. The first-order chi connectivity index (χ1) is 41.6. The molecule has 9 heteroatoms. The van der Waals surface area contributed by atoms with Crippen LogP contribution < -0.4 is 5.11 Å². The molecule has 0 fully saturated rings. The van der Waals surface area contributed by atoms with Gasteiger partial charge >= 0.3 is 11.9 Å². The molecular formula is C76H141NO8. The number of hydrogen-bond donors (Lipinski definition) is 0. The maximum atomic E-state index is 12.9. The van der Waals surface area contributed by atoms with Crippen LogP contribution in [0.25, 0.3) is 0 Å². The van der Waals surface area contributed by atoms with E-state index in [0.717, 1.165) is 57.8 Å². The number of carboxylic acids is 1. The second-order valence-corrected chi connectivity index (χ2v) is 26.2. The first-order valence-electron chi connectivity index (χ1n) is 36.8. The average molecular weight is 1200 g/mol. The van der Waals surface area contributed by atoms with Gasteiger partial charge in [0.05, 0.1) is 40.3 Å². The Hall–Kier alpha value is -2.75. The largest absolute Gasteiger partial charge is 0.545 e. The number of carboxylic acid groups (broad SMARTS) is 1. The molecule has 0 aromatic rings. The van der Waals surface area contributed by atoms with Crippen molar-refractivity contribution in [3.8, 4) is 0 Å². The minimum absolute atomic E-state index is 0.150. The zero-order valence-corrected chi connectivity index (χ0v) is 57.0. The van der Waals surface area contributed by atoms with Crippen LogP contribution in [-0.2, 0) is 33.3 Å². The number of carbonyl (C=O) groups is 3. The Morgan fingerprint density at radius 1 is 0.365 bits per heavy atom. The highest BCUT2D eigenvalue weighted by molar-refractivity contribution is 5.70. The summed E-state index contributed by atoms with van der Waals surface area (Å²) >= 11 is 0. The number of esters is 2. The van der Waals surface area contributed by atoms with Gasteiger partial charge in [0.25, 0.3) is 0 Å². The molecule has 0 aliphatic rings. The summed E-state index contributed by atoms with van der Waals surface area (Å²) in [5.41, 5.74) is 0. The van der Waals surface area contributed by atoms with E-state index in [1.807, 2.05) is 21.1 Å². The van der Waals surface area contributed by atoms with Crippen molar-refractivity contribution in [1.29, 1.82) is 0 Å². The van der Waals surface area contributed by atoms with Gasteiger partial charge in [-0.05, 0) is 51.4 Å². The van der Waals surface area contributed by atoms with Gasteiger partial charge in [0.15, 0.2) is 12.4 Å². The summed E-state index contributed by atoms with van der Waals surface area (Å²) in [6.45, 7) is 4.71. The summed E-state index contributed by atoms with van der Waals surface area (Å²) in [5.74, 6) is -2.26. The van der Waals surface area contributed by atoms with Crippen molar-refractivity contribution in [2.75, 3.05) is 47.5 Å². The van der Waals surface area contributed by atoms with Crippen LogP contribution in [0, 0.1) is 0 Å². The van der Waals surface area contributed by atoms with Crippen LogP contribution in [0.2, 0.25) is 0 Å². The fourth-order valence-electron chi connectivity index (χ4n) is 11.0. The highest BCUT2D eigenvalue weighted by Crippen LogP contribution is 2.19. The Balaban J connectivity index is 4.03. The van der Waals surface area contributed by atoms with Crippen molar-refractivity contribution >= 4 is 17.9 Å². The maximum Gasteiger partial charge on any atom is 0.306 e. The van der Waals surface area contributed by atoms with Gasteiger partial charge in [0, 0.05) is 12.8 Å². The van der Waals surface area contributed by atoms with Crippen molar-refractivity contribution in [2.45, 2.75) is 373 Å². The molecule has 498 valence electrons. The number of unbranched alkanes of at least 4 members (excludes halogenated alkanes) is 46. The molecule has 0 aromatic heterocycles. The van der Waals surface area contributed by atoms with E-state index >= 15 is 0 Å². The Bertz CT molecular complexity index is 1530. The van der Waals surface area contributed by atoms with Crippen LogP contribution in [0.4, 0.5) is 0 Å². The van der Waals surface area contributed by atoms with Crippen LogP contribution in [0.1, 0.15) is 361 Å². The molecule has 0 amide bonds. The molecule has 0 aliphatic heterocycles. The molecule has 0 radical (unpaired) electrons. The van der Waals surface area contributed by atoms with E-state index in [-0.39, 0.29) is 32.2 Å². The summed E-state index contributed by atoms with van der Waals surface area (Å²) in [6.07, 6.45) is 83.6. The molecule has 85 heavy (non-hydrogen) atoms. The van der Waals surface area contributed by atoms with E-state index in [0.29, 0.717) is 23.9 Å². The third-order valence-electron chi connectivity index (χ3n) is 16.6. The van der Waals surface area contributed by atoms with E-state index in [1.54, 1.807) is 0 Å². The van der Waals surface area contributed by atoms with E-state index in [1.165, 1.54) is 270 Å². The lowest BCUT2D eigenvalue weighted by Crippen LogP contribution is -2.44. The monoisotopic (exact) mass is 1200 g/mol. The van der Waals surface area contributed by atoms with Crippen LogP contribution in [0.5, 0.6) is 0 Å². The summed E-state index contributed by atoms with van der Waals surface area (Å²) in [4.78, 5) is 37.5. The van der Waals surface area contributed by atoms with Gasteiger partial charge in [-0.3, -0.25) is 9.59 Å². The van der Waals surface area contributed by atoms with Gasteiger partial charge in [-0.1, -0.05) is 345 Å². The Kier molecular flexibility index (Phi) is 65.0. The van der Waals surface area contributed by atoms with E-state index in [9.17, 15) is 19.5 Å². The van der Waals surface area contributed by atoms with E-state index in [4.69, 9.17) is 18.9 Å². The number of ether oxygens (including phenoxy) is 4. The Labute approximate surface area is 527 Å². The SMILES string of the molecule is CC/C=C\C/C=C\C/C=C\C/C=C\CCCCCCCCCCCCCCCCCCC(=O)OC(COC(=O)CCCCCCCCCCCCCCCCCCCCCCCCCCCCCCCCC)COC(OCC[N+](C)(C)C)C(=O)[O-]. The van der Waals surface area contributed by atoms with Gasteiger partial charge in [-0.2, -0.15) is 0 Å². The lowest BCUT2D eigenvalue weighted by Gasteiger charge is -2.26. The lowest BCUT2D eigenvalue weighted by atomic mass is 10.0. The highest BCUT2D eigenvalue weighted by Gasteiger charge is 2.22. The first kappa shape index (κ1) is 82.2. The molecular weight excluding hydrogens is 1050 g/mol. The van der Waals surface area contributed by atoms with Crippen molar-refractivity contribution in [1.82, 2.24) is 0 Å². The predicted molar refractivity (Wildman–Crippen MR) is 362 cm³/mol. The fourth-order valence-corrected chi connectivity index (χ4v) is 11.0. The molecule has 0 N–H and O–H groups in total. The van der Waals surface area contributed by atoms with E-state index in [2.05, 4.69) is 62.5 Å². The van der Waals surface area contributed by atoms with Crippen molar-refractivity contribution in [3.63, 3.8) is 0 Å². The van der Waals surface area contributed by atoms with Gasteiger partial charge in [0.2, 0.25) is 0 Å². The molecule has 0 saturated heterocycles. The minimum Gasteiger partial charge on any atom is -0.545 e. The standard InChI is InChI=1S/C76H141NO8/c1-6-8-10-12-14-16-18-20-22-24-26-28-30-32-34-36-37-39-40-42-44-46-48-50-52-54-56-58-60-62-64-66-73(78)83-70-72(71-84-76(75(80)81)82-69-68-77(3,4)5)85-74(79)67-65-63-61-59-57-55-53-51-49-47-45-43-41-38-35-33-31-29-27-25-23-21-19-17-15-13-11-9-7-2/h9,11,15,17,21,23,27,29,72,76H,6-8,10,12-14,16,18-20,22,24-26,28,30-71H2,1-5H3/b11-9-,17-15-,23-21-,29-27-. The van der Waals surface area contributed by atoms with E-state index < -0.39 is 24.3 Å². The van der Waals surface area contributed by atoms with Gasteiger partial charge in [0.1, 0.15) is 13.2 Å². The minimum atomic E-state index is -1.62. The number of aliphatic carboxylic acids is 1. The molecule has 0 saturated carbocycles. The number of nitrogens with zero attached hydrogens (tertiary/aromatic N) is 1. The lowest BCUT2D eigenvalue weighted by molar-refractivity contribution is -0.870. The van der Waals surface area contributed by atoms with Gasteiger partial charge in [-0.25, -0.2) is 0 Å². The van der Waals surface area contributed by atoms with Crippen molar-refractivity contribution < 1.29 is 42.9 Å². The number of carbonyl (C=O) groups excluding carboxylic acids is 3. The molecule has 0 heterocycles. The number of hydrogen-bond acceptors (Lipinski definition) is 8. The summed E-state index contributed by atoms with van der Waals surface area (Å²) in [5, 5.41) is 11.8. The molecule has 0 bridgehead atoms. The zero-order valence-electron chi connectivity index (χ0n) is 57.0. The molecule has 0 rings (SSSR count). The smallest absolute Gasteiger partial charge is 0.306 e.